The fourth-order valence-corrected chi connectivity index (χ4v) is 2.58. The lowest BCUT2D eigenvalue weighted by molar-refractivity contribution is -0.123. The predicted molar refractivity (Wildman–Crippen MR) is 75.2 cm³/mol. The molecule has 0 bridgehead atoms. The summed E-state index contributed by atoms with van der Waals surface area (Å²) in [4.78, 5) is 13.1. The predicted octanol–water partition coefficient (Wildman–Crippen LogP) is 2.03. The van der Waals surface area contributed by atoms with Crippen LogP contribution in [0.5, 0.6) is 5.75 Å². The number of hydrogen-bond donors (Lipinski definition) is 2. The summed E-state index contributed by atoms with van der Waals surface area (Å²) < 4.78 is 5.12. The molecule has 0 radical (unpaired) electrons. The monoisotopic (exact) mass is 277 g/mol. The Labute approximate surface area is 115 Å². The molecule has 0 aliphatic rings. The second kappa shape index (κ2) is 6.36. The third kappa shape index (κ3) is 3.56. The minimum absolute atomic E-state index is 0.362. The van der Waals surface area contributed by atoms with Crippen LogP contribution in [-0.4, -0.2) is 24.7 Å². The van der Waals surface area contributed by atoms with Gasteiger partial charge in [0.1, 0.15) is 12.4 Å². The summed E-state index contributed by atoms with van der Waals surface area (Å²) in [6, 6.07) is 11.8. The Bertz CT molecular complexity index is 548. The van der Waals surface area contributed by atoms with E-state index in [4.69, 9.17) is 9.84 Å². The zero-order valence-electron chi connectivity index (χ0n) is 10.6. The van der Waals surface area contributed by atoms with Crippen LogP contribution in [-0.2, 0) is 11.3 Å². The van der Waals surface area contributed by atoms with Crippen molar-refractivity contribution in [2.75, 3.05) is 13.7 Å². The van der Waals surface area contributed by atoms with Gasteiger partial charge >= 0.3 is 0 Å². The van der Waals surface area contributed by atoms with Gasteiger partial charge in [0.25, 0.3) is 0 Å². The van der Waals surface area contributed by atoms with Gasteiger partial charge in [-0.3, -0.25) is 4.79 Å². The summed E-state index contributed by atoms with van der Waals surface area (Å²) in [5.74, 6) is 0.468. The smallest absolute Gasteiger partial charge is 0.246 e. The molecule has 1 aromatic carbocycles. The number of aliphatic hydroxyl groups excluding tert-OH is 1. The standard InChI is InChI=1S/C14H15NO3S/c1-18-11-4-2-10(3-5-11)13-7-6-12(19-13)8-15-14(17)9-16/h2-7,16H,8-9H2,1H3,(H,15,17). The normalized spacial score (nSPS) is 10.2. The van der Waals surface area contributed by atoms with Crippen LogP contribution in [0.3, 0.4) is 0 Å². The summed E-state index contributed by atoms with van der Waals surface area (Å²) in [6.45, 7) is -0.0308. The molecule has 0 unspecified atom stereocenters. The van der Waals surface area contributed by atoms with Crippen LogP contribution in [0.15, 0.2) is 36.4 Å². The van der Waals surface area contributed by atoms with Crippen molar-refractivity contribution in [3.8, 4) is 16.2 Å². The Morgan fingerprint density at radius 2 is 2.00 bits per heavy atom. The topological polar surface area (TPSA) is 58.6 Å². The molecule has 2 aromatic rings. The van der Waals surface area contributed by atoms with Gasteiger partial charge in [-0.15, -0.1) is 11.3 Å². The molecule has 2 rings (SSSR count). The fourth-order valence-electron chi connectivity index (χ4n) is 1.62. The van der Waals surface area contributed by atoms with Crippen molar-refractivity contribution in [2.45, 2.75) is 6.54 Å². The first kappa shape index (κ1) is 13.6. The van der Waals surface area contributed by atoms with Crippen molar-refractivity contribution in [3.63, 3.8) is 0 Å². The van der Waals surface area contributed by atoms with Crippen molar-refractivity contribution >= 4 is 17.2 Å². The van der Waals surface area contributed by atoms with Crippen LogP contribution in [0.25, 0.3) is 10.4 Å². The Kier molecular flexibility index (Phi) is 4.54. The summed E-state index contributed by atoms with van der Waals surface area (Å²) >= 11 is 1.61. The van der Waals surface area contributed by atoms with E-state index in [9.17, 15) is 4.79 Å². The number of benzene rings is 1. The lowest BCUT2D eigenvalue weighted by atomic mass is 10.2. The highest BCUT2D eigenvalue weighted by Crippen LogP contribution is 2.29. The van der Waals surface area contributed by atoms with Crippen molar-refractivity contribution in [3.05, 3.63) is 41.3 Å². The number of carbonyl (C=O) groups excluding carboxylic acids is 1. The minimum atomic E-state index is -0.475. The van der Waals surface area contributed by atoms with Crippen LogP contribution in [0.4, 0.5) is 0 Å². The molecule has 1 heterocycles. The second-order valence-corrected chi connectivity index (χ2v) is 5.10. The summed E-state index contributed by atoms with van der Waals surface area (Å²) in [6.07, 6.45) is 0. The lowest BCUT2D eigenvalue weighted by Crippen LogP contribution is -2.25. The number of methoxy groups -OCH3 is 1. The van der Waals surface area contributed by atoms with E-state index in [-0.39, 0.29) is 5.91 Å². The Morgan fingerprint density at radius 3 is 2.63 bits per heavy atom. The lowest BCUT2D eigenvalue weighted by Gasteiger charge is -2.01. The van der Waals surface area contributed by atoms with E-state index in [0.29, 0.717) is 6.54 Å². The quantitative estimate of drug-likeness (QED) is 0.879. The molecule has 0 saturated heterocycles. The van der Waals surface area contributed by atoms with E-state index in [1.165, 1.54) is 0 Å². The number of thiophene rings is 1. The van der Waals surface area contributed by atoms with E-state index in [0.717, 1.165) is 21.1 Å². The van der Waals surface area contributed by atoms with Crippen LogP contribution in [0, 0.1) is 0 Å². The molecule has 0 aliphatic heterocycles. The molecule has 1 aromatic heterocycles. The van der Waals surface area contributed by atoms with Gasteiger partial charge in [-0.05, 0) is 42.0 Å². The van der Waals surface area contributed by atoms with Crippen molar-refractivity contribution in [1.82, 2.24) is 5.32 Å². The summed E-state index contributed by atoms with van der Waals surface area (Å²) in [5, 5.41) is 11.3. The van der Waals surface area contributed by atoms with Crippen LogP contribution in [0.2, 0.25) is 0 Å². The maximum atomic E-state index is 11.0. The van der Waals surface area contributed by atoms with Gasteiger partial charge in [0.05, 0.1) is 13.7 Å². The van der Waals surface area contributed by atoms with Gasteiger partial charge in [-0.1, -0.05) is 0 Å². The van der Waals surface area contributed by atoms with Gasteiger partial charge in [0, 0.05) is 9.75 Å². The van der Waals surface area contributed by atoms with Crippen molar-refractivity contribution in [1.29, 1.82) is 0 Å². The number of amides is 1. The SMILES string of the molecule is COc1ccc(-c2ccc(CNC(=O)CO)s2)cc1. The molecule has 0 fully saturated rings. The van der Waals surface area contributed by atoms with Gasteiger partial charge in [-0.25, -0.2) is 0 Å². The van der Waals surface area contributed by atoms with E-state index < -0.39 is 6.61 Å². The summed E-state index contributed by atoms with van der Waals surface area (Å²) in [7, 11) is 1.64. The molecule has 0 aliphatic carbocycles. The molecule has 4 nitrogen and oxygen atoms in total. The molecule has 2 N–H and O–H groups in total. The number of ether oxygens (including phenoxy) is 1. The number of hydrogen-bond acceptors (Lipinski definition) is 4. The molecule has 1 amide bonds. The fraction of sp³-hybridized carbons (Fsp3) is 0.214. The molecule has 0 atom stereocenters. The molecular weight excluding hydrogens is 262 g/mol. The molecular formula is C14H15NO3S. The Morgan fingerprint density at radius 1 is 1.26 bits per heavy atom. The maximum absolute atomic E-state index is 11.0. The highest BCUT2D eigenvalue weighted by molar-refractivity contribution is 7.15. The molecule has 5 heteroatoms. The van der Waals surface area contributed by atoms with Gasteiger partial charge in [0.2, 0.25) is 5.91 Å². The van der Waals surface area contributed by atoms with Gasteiger partial charge in [0.15, 0.2) is 0 Å². The Hall–Kier alpha value is -1.85. The van der Waals surface area contributed by atoms with Crippen molar-refractivity contribution in [2.24, 2.45) is 0 Å². The van der Waals surface area contributed by atoms with Crippen molar-refractivity contribution < 1.29 is 14.6 Å². The molecule has 100 valence electrons. The largest absolute Gasteiger partial charge is 0.497 e. The third-order valence-electron chi connectivity index (χ3n) is 2.64. The van der Waals surface area contributed by atoms with E-state index in [1.54, 1.807) is 18.4 Å². The van der Waals surface area contributed by atoms with E-state index in [2.05, 4.69) is 5.32 Å². The highest BCUT2D eigenvalue weighted by Gasteiger charge is 2.04. The average molecular weight is 277 g/mol. The van der Waals surface area contributed by atoms with Crippen LogP contribution >= 0.6 is 11.3 Å². The van der Waals surface area contributed by atoms with Gasteiger partial charge in [-0.2, -0.15) is 0 Å². The molecule has 19 heavy (non-hydrogen) atoms. The molecule has 0 saturated carbocycles. The highest BCUT2D eigenvalue weighted by atomic mass is 32.1. The van der Waals surface area contributed by atoms with E-state index >= 15 is 0 Å². The van der Waals surface area contributed by atoms with E-state index in [1.807, 2.05) is 36.4 Å². The first-order valence-corrected chi connectivity index (χ1v) is 6.65. The third-order valence-corrected chi connectivity index (χ3v) is 3.77. The molecule has 0 spiro atoms. The maximum Gasteiger partial charge on any atom is 0.246 e. The number of rotatable bonds is 5. The number of aliphatic hydroxyl groups is 1. The van der Waals surface area contributed by atoms with Crippen LogP contribution in [0.1, 0.15) is 4.88 Å². The second-order valence-electron chi connectivity index (χ2n) is 3.93. The Balaban J connectivity index is 2.05. The number of nitrogens with one attached hydrogen (secondary N) is 1. The number of carbonyl (C=O) groups is 1. The van der Waals surface area contributed by atoms with Gasteiger partial charge < -0.3 is 15.2 Å². The first-order valence-electron chi connectivity index (χ1n) is 5.83. The minimum Gasteiger partial charge on any atom is -0.497 e. The zero-order chi connectivity index (χ0) is 13.7. The summed E-state index contributed by atoms with van der Waals surface area (Å²) in [5.41, 5.74) is 1.12. The van der Waals surface area contributed by atoms with Crippen LogP contribution < -0.4 is 10.1 Å². The zero-order valence-corrected chi connectivity index (χ0v) is 11.4. The average Bonchev–Trinajstić information content (AvgIpc) is 2.93. The first-order chi connectivity index (χ1) is 9.22.